The third-order valence-corrected chi connectivity index (χ3v) is 3.20. The molecular weight excluding hydrogens is 246 g/mol. The molecule has 1 aromatic rings. The molecule has 7 heteroatoms. The first-order valence-electron chi connectivity index (χ1n) is 6.32. The Balaban J connectivity index is 1.82. The van der Waals surface area contributed by atoms with Gasteiger partial charge in [-0.05, 0) is 20.0 Å². The summed E-state index contributed by atoms with van der Waals surface area (Å²) in [6.45, 7) is 3.68. The summed E-state index contributed by atoms with van der Waals surface area (Å²) in [6.07, 6.45) is 0.172. The summed E-state index contributed by atoms with van der Waals surface area (Å²) in [4.78, 5) is 25.4. The van der Waals surface area contributed by atoms with Gasteiger partial charge in [0.2, 0.25) is 11.8 Å². The van der Waals surface area contributed by atoms with Crippen molar-refractivity contribution in [2.75, 3.05) is 20.1 Å². The molecule has 2 amide bonds. The van der Waals surface area contributed by atoms with Gasteiger partial charge < -0.3 is 10.6 Å². The Morgan fingerprint density at radius 1 is 1.63 bits per heavy atom. The van der Waals surface area contributed by atoms with Gasteiger partial charge in [0.05, 0.1) is 24.7 Å². The zero-order valence-electron chi connectivity index (χ0n) is 11.2. The van der Waals surface area contributed by atoms with E-state index in [4.69, 9.17) is 0 Å². The summed E-state index contributed by atoms with van der Waals surface area (Å²) >= 11 is 0. The molecule has 1 saturated heterocycles. The number of amides is 2. The maximum absolute atomic E-state index is 11.8. The van der Waals surface area contributed by atoms with Crippen LogP contribution < -0.4 is 10.6 Å². The quantitative estimate of drug-likeness (QED) is 0.662. The summed E-state index contributed by atoms with van der Waals surface area (Å²) < 4.78 is 0. The van der Waals surface area contributed by atoms with E-state index in [0.29, 0.717) is 13.1 Å². The second kappa shape index (κ2) is 5.83. The van der Waals surface area contributed by atoms with Gasteiger partial charge >= 0.3 is 0 Å². The standard InChI is InChI=1S/C12H19N5O2/c1-8-5-9(16-15-8)7-14-11(18)6-10-12(19)13-3-4-17(10)2/h5,10H,3-4,6-7H2,1-2H3,(H,13,19)(H,14,18)(H,15,16). The number of hydrogen-bond donors (Lipinski definition) is 3. The molecule has 2 rings (SSSR count). The molecule has 1 unspecified atom stereocenters. The van der Waals surface area contributed by atoms with Crippen LogP contribution in [0.2, 0.25) is 0 Å². The first-order valence-corrected chi connectivity index (χ1v) is 6.32. The van der Waals surface area contributed by atoms with Crippen LogP contribution in [0.3, 0.4) is 0 Å². The Kier molecular flexibility index (Phi) is 4.16. The minimum absolute atomic E-state index is 0.0838. The number of aromatic nitrogens is 2. The molecule has 1 fully saturated rings. The second-order valence-corrected chi connectivity index (χ2v) is 4.81. The average Bonchev–Trinajstić information content (AvgIpc) is 2.77. The SMILES string of the molecule is Cc1cc(CNC(=O)CC2C(=O)NCCN2C)n[nH]1. The summed E-state index contributed by atoms with van der Waals surface area (Å²) in [5.74, 6) is -0.228. The molecule has 1 aliphatic heterocycles. The number of hydrogen-bond acceptors (Lipinski definition) is 4. The normalized spacial score (nSPS) is 20.1. The lowest BCUT2D eigenvalue weighted by atomic mass is 10.1. The lowest BCUT2D eigenvalue weighted by Gasteiger charge is -2.31. The van der Waals surface area contributed by atoms with Gasteiger partial charge in [-0.1, -0.05) is 0 Å². The largest absolute Gasteiger partial charge is 0.353 e. The molecule has 3 N–H and O–H groups in total. The molecule has 0 saturated carbocycles. The maximum atomic E-state index is 11.8. The maximum Gasteiger partial charge on any atom is 0.237 e. The fraction of sp³-hybridized carbons (Fsp3) is 0.583. The predicted octanol–water partition coefficient (Wildman–Crippen LogP) is -0.845. The third kappa shape index (κ3) is 3.54. The van der Waals surface area contributed by atoms with Crippen molar-refractivity contribution in [1.29, 1.82) is 0 Å². The number of aryl methyl sites for hydroxylation is 1. The van der Waals surface area contributed by atoms with Crippen LogP contribution in [0.5, 0.6) is 0 Å². The fourth-order valence-corrected chi connectivity index (χ4v) is 2.08. The Morgan fingerprint density at radius 2 is 2.42 bits per heavy atom. The van der Waals surface area contributed by atoms with Crippen LogP contribution in [-0.4, -0.2) is 53.1 Å². The lowest BCUT2D eigenvalue weighted by Crippen LogP contribution is -2.54. The van der Waals surface area contributed by atoms with Crippen LogP contribution in [0.15, 0.2) is 6.07 Å². The highest BCUT2D eigenvalue weighted by molar-refractivity contribution is 5.88. The molecule has 2 heterocycles. The van der Waals surface area contributed by atoms with Crippen LogP contribution in [-0.2, 0) is 16.1 Å². The molecule has 7 nitrogen and oxygen atoms in total. The van der Waals surface area contributed by atoms with E-state index in [-0.39, 0.29) is 24.3 Å². The number of carbonyl (C=O) groups excluding carboxylic acids is 2. The zero-order chi connectivity index (χ0) is 13.8. The molecule has 104 valence electrons. The van der Waals surface area contributed by atoms with E-state index >= 15 is 0 Å². The molecular formula is C12H19N5O2. The van der Waals surface area contributed by atoms with Crippen molar-refractivity contribution in [3.8, 4) is 0 Å². The molecule has 1 aliphatic rings. The molecule has 19 heavy (non-hydrogen) atoms. The van der Waals surface area contributed by atoms with Crippen molar-refractivity contribution >= 4 is 11.8 Å². The molecule has 0 bridgehead atoms. The van der Waals surface area contributed by atoms with Crippen molar-refractivity contribution in [3.63, 3.8) is 0 Å². The second-order valence-electron chi connectivity index (χ2n) is 4.81. The van der Waals surface area contributed by atoms with Crippen LogP contribution in [0.1, 0.15) is 17.8 Å². The summed E-state index contributed by atoms with van der Waals surface area (Å²) in [7, 11) is 1.85. The van der Waals surface area contributed by atoms with Crippen LogP contribution in [0, 0.1) is 6.92 Å². The summed E-state index contributed by atoms with van der Waals surface area (Å²) in [5, 5.41) is 12.4. The van der Waals surface area contributed by atoms with Crippen LogP contribution in [0.25, 0.3) is 0 Å². The smallest absolute Gasteiger partial charge is 0.237 e. The minimum Gasteiger partial charge on any atom is -0.353 e. The number of likely N-dealkylation sites (N-methyl/N-ethyl adjacent to an activating group) is 1. The minimum atomic E-state index is -0.380. The summed E-state index contributed by atoms with van der Waals surface area (Å²) in [6, 6.07) is 1.49. The Labute approximate surface area is 111 Å². The van der Waals surface area contributed by atoms with Crippen molar-refractivity contribution in [3.05, 3.63) is 17.5 Å². The fourth-order valence-electron chi connectivity index (χ4n) is 2.08. The number of carbonyl (C=O) groups is 2. The van der Waals surface area contributed by atoms with Crippen LogP contribution in [0.4, 0.5) is 0 Å². The highest BCUT2D eigenvalue weighted by Gasteiger charge is 2.28. The van der Waals surface area contributed by atoms with Gasteiger partial charge in [-0.3, -0.25) is 19.6 Å². The van der Waals surface area contributed by atoms with E-state index in [1.807, 2.05) is 24.9 Å². The molecule has 0 radical (unpaired) electrons. The molecule has 1 aromatic heterocycles. The number of nitrogens with one attached hydrogen (secondary N) is 3. The van der Waals surface area contributed by atoms with E-state index in [9.17, 15) is 9.59 Å². The van der Waals surface area contributed by atoms with E-state index in [0.717, 1.165) is 17.9 Å². The predicted molar refractivity (Wildman–Crippen MR) is 69.2 cm³/mol. The topological polar surface area (TPSA) is 90.1 Å². The van der Waals surface area contributed by atoms with Crippen molar-refractivity contribution in [2.24, 2.45) is 0 Å². The molecule has 1 atom stereocenters. The van der Waals surface area contributed by atoms with E-state index < -0.39 is 0 Å². The van der Waals surface area contributed by atoms with Gasteiger partial charge in [0.25, 0.3) is 0 Å². The van der Waals surface area contributed by atoms with Gasteiger partial charge in [-0.15, -0.1) is 0 Å². The Bertz CT molecular complexity index is 470. The number of nitrogens with zero attached hydrogens (tertiary/aromatic N) is 2. The first-order chi connectivity index (χ1) is 9.06. The van der Waals surface area contributed by atoms with E-state index in [1.54, 1.807) is 0 Å². The average molecular weight is 265 g/mol. The molecule has 0 spiro atoms. The van der Waals surface area contributed by atoms with Gasteiger partial charge in [0, 0.05) is 18.8 Å². The summed E-state index contributed by atoms with van der Waals surface area (Å²) in [5.41, 5.74) is 1.74. The van der Waals surface area contributed by atoms with Gasteiger partial charge in [-0.25, -0.2) is 0 Å². The van der Waals surface area contributed by atoms with E-state index in [1.165, 1.54) is 0 Å². The van der Waals surface area contributed by atoms with Gasteiger partial charge in [0.15, 0.2) is 0 Å². The molecule has 0 aliphatic carbocycles. The van der Waals surface area contributed by atoms with Crippen LogP contribution >= 0.6 is 0 Å². The Hall–Kier alpha value is -1.89. The third-order valence-electron chi connectivity index (χ3n) is 3.20. The van der Waals surface area contributed by atoms with Crippen molar-refractivity contribution in [2.45, 2.75) is 25.9 Å². The van der Waals surface area contributed by atoms with Crippen molar-refractivity contribution < 1.29 is 9.59 Å². The Morgan fingerprint density at radius 3 is 3.05 bits per heavy atom. The first kappa shape index (κ1) is 13.5. The van der Waals surface area contributed by atoms with E-state index in [2.05, 4.69) is 20.8 Å². The number of rotatable bonds is 4. The monoisotopic (exact) mass is 265 g/mol. The highest BCUT2D eigenvalue weighted by atomic mass is 16.2. The van der Waals surface area contributed by atoms with Crippen molar-refractivity contribution in [1.82, 2.24) is 25.7 Å². The number of H-pyrrole nitrogens is 1. The molecule has 0 aromatic carbocycles. The van der Waals surface area contributed by atoms with Gasteiger partial charge in [0.1, 0.15) is 0 Å². The number of piperazine rings is 1. The lowest BCUT2D eigenvalue weighted by molar-refractivity contribution is -0.133. The zero-order valence-corrected chi connectivity index (χ0v) is 11.2. The van der Waals surface area contributed by atoms with Gasteiger partial charge in [-0.2, -0.15) is 5.10 Å². The highest BCUT2D eigenvalue weighted by Crippen LogP contribution is 2.06. The number of aromatic amines is 1.